The van der Waals surface area contributed by atoms with Crippen LogP contribution in [0, 0.1) is 0 Å². The summed E-state index contributed by atoms with van der Waals surface area (Å²) in [4.78, 5) is 8.81. The van der Waals surface area contributed by atoms with Crippen molar-refractivity contribution in [3.05, 3.63) is 83.1 Å². The Morgan fingerprint density at radius 2 is 1.82 bits per heavy atom. The molecule has 0 aliphatic heterocycles. The molecule has 0 atom stereocenters. The summed E-state index contributed by atoms with van der Waals surface area (Å²) >= 11 is 3.50. The summed E-state index contributed by atoms with van der Waals surface area (Å²) in [6, 6.07) is 22.1. The van der Waals surface area contributed by atoms with Gasteiger partial charge in [-0.3, -0.25) is 0 Å². The summed E-state index contributed by atoms with van der Waals surface area (Å²) in [7, 11) is 1.69. The maximum atomic E-state index is 5.43. The zero-order chi connectivity index (χ0) is 19.3. The van der Waals surface area contributed by atoms with Crippen LogP contribution in [0.1, 0.15) is 5.56 Å². The van der Waals surface area contributed by atoms with Gasteiger partial charge in [0.15, 0.2) is 0 Å². The summed E-state index contributed by atoms with van der Waals surface area (Å²) in [5.41, 5.74) is 3.93. The molecule has 0 unspecified atom stereocenters. The van der Waals surface area contributed by atoms with E-state index in [1.807, 2.05) is 54.6 Å². The number of anilines is 3. The number of benzene rings is 3. The van der Waals surface area contributed by atoms with Crippen molar-refractivity contribution in [3.63, 3.8) is 0 Å². The predicted octanol–water partition coefficient (Wildman–Crippen LogP) is 5.76. The normalized spacial score (nSPS) is 10.6. The number of fused-ring (bicyclic) bond motifs is 1. The van der Waals surface area contributed by atoms with E-state index in [9.17, 15) is 0 Å². The molecule has 1 heterocycles. The Balaban J connectivity index is 1.60. The number of hydrogen-bond donors (Lipinski definition) is 2. The van der Waals surface area contributed by atoms with Gasteiger partial charge in [0.1, 0.15) is 17.9 Å². The van der Waals surface area contributed by atoms with E-state index in [1.54, 1.807) is 13.4 Å². The summed E-state index contributed by atoms with van der Waals surface area (Å²) in [6.45, 7) is 0.664. The molecule has 3 aromatic carbocycles. The lowest BCUT2D eigenvalue weighted by Gasteiger charge is -2.12. The van der Waals surface area contributed by atoms with Gasteiger partial charge < -0.3 is 15.4 Å². The second kappa shape index (κ2) is 8.27. The Bertz CT molecular complexity index is 1120. The number of hydrogen-bond acceptors (Lipinski definition) is 5. The Morgan fingerprint density at radius 3 is 2.68 bits per heavy atom. The van der Waals surface area contributed by atoms with Crippen molar-refractivity contribution in [2.75, 3.05) is 17.7 Å². The van der Waals surface area contributed by atoms with Gasteiger partial charge in [0.25, 0.3) is 0 Å². The van der Waals surface area contributed by atoms with Gasteiger partial charge >= 0.3 is 0 Å². The fraction of sp³-hybridized carbons (Fsp3) is 0.0909. The van der Waals surface area contributed by atoms with Crippen LogP contribution in [0.2, 0.25) is 0 Å². The van der Waals surface area contributed by atoms with Crippen LogP contribution in [-0.4, -0.2) is 17.1 Å². The number of methoxy groups -OCH3 is 1. The van der Waals surface area contributed by atoms with Crippen molar-refractivity contribution in [2.24, 2.45) is 0 Å². The van der Waals surface area contributed by atoms with Crippen molar-refractivity contribution in [2.45, 2.75) is 6.54 Å². The number of nitrogens with zero attached hydrogens (tertiary/aromatic N) is 2. The molecule has 0 aliphatic carbocycles. The van der Waals surface area contributed by atoms with Gasteiger partial charge in [0.2, 0.25) is 0 Å². The molecule has 5 nitrogen and oxygen atoms in total. The third kappa shape index (κ3) is 4.07. The molecule has 4 aromatic rings. The zero-order valence-electron chi connectivity index (χ0n) is 15.3. The zero-order valence-corrected chi connectivity index (χ0v) is 16.9. The first-order valence-corrected chi connectivity index (χ1v) is 9.65. The first-order valence-electron chi connectivity index (χ1n) is 8.86. The highest BCUT2D eigenvalue weighted by Gasteiger charge is 2.07. The Hall–Kier alpha value is -3.12. The summed E-state index contributed by atoms with van der Waals surface area (Å²) in [5.74, 6) is 1.64. The first kappa shape index (κ1) is 18.3. The molecule has 6 heteroatoms. The SMILES string of the molecule is COc1ccccc1CNc1ccc2ncnc(Nc3cccc(Br)c3)c2c1. The second-order valence-electron chi connectivity index (χ2n) is 6.25. The van der Waals surface area contributed by atoms with E-state index in [0.29, 0.717) is 6.54 Å². The van der Waals surface area contributed by atoms with E-state index in [2.05, 4.69) is 48.7 Å². The van der Waals surface area contributed by atoms with Gasteiger partial charge in [-0.25, -0.2) is 9.97 Å². The molecule has 0 saturated carbocycles. The largest absolute Gasteiger partial charge is 0.496 e. The molecule has 0 spiro atoms. The Labute approximate surface area is 171 Å². The van der Waals surface area contributed by atoms with Crippen molar-refractivity contribution >= 4 is 44.0 Å². The Morgan fingerprint density at radius 1 is 0.929 bits per heavy atom. The van der Waals surface area contributed by atoms with Crippen LogP contribution in [0.4, 0.5) is 17.2 Å². The fourth-order valence-corrected chi connectivity index (χ4v) is 3.41. The standard InChI is InChI=1S/C22H19BrN4O/c1-28-21-8-3-2-5-15(21)13-24-17-9-10-20-19(12-17)22(26-14-25-20)27-18-7-4-6-16(23)11-18/h2-12,14,24H,13H2,1H3,(H,25,26,27). The average molecular weight is 435 g/mol. The molecule has 28 heavy (non-hydrogen) atoms. The van der Waals surface area contributed by atoms with E-state index in [1.165, 1.54) is 0 Å². The topological polar surface area (TPSA) is 59.1 Å². The lowest BCUT2D eigenvalue weighted by atomic mass is 10.1. The maximum absolute atomic E-state index is 5.43. The molecule has 0 radical (unpaired) electrons. The van der Waals surface area contributed by atoms with Crippen LogP contribution in [0.5, 0.6) is 5.75 Å². The number of rotatable bonds is 6. The van der Waals surface area contributed by atoms with Gasteiger partial charge in [-0.2, -0.15) is 0 Å². The third-order valence-corrected chi connectivity index (χ3v) is 4.89. The molecule has 0 aliphatic rings. The summed E-state index contributed by atoms with van der Waals surface area (Å²) < 4.78 is 6.43. The highest BCUT2D eigenvalue weighted by atomic mass is 79.9. The van der Waals surface area contributed by atoms with Crippen LogP contribution >= 0.6 is 15.9 Å². The monoisotopic (exact) mass is 434 g/mol. The molecule has 0 saturated heterocycles. The van der Waals surface area contributed by atoms with Crippen LogP contribution in [0.15, 0.2) is 77.5 Å². The molecular formula is C22H19BrN4O. The number of para-hydroxylation sites is 1. The van der Waals surface area contributed by atoms with Crippen LogP contribution in [-0.2, 0) is 6.54 Å². The van der Waals surface area contributed by atoms with Gasteiger partial charge in [0.05, 0.1) is 12.6 Å². The lowest BCUT2D eigenvalue weighted by Crippen LogP contribution is -2.02. The van der Waals surface area contributed by atoms with Crippen molar-refractivity contribution in [3.8, 4) is 5.75 Å². The van der Waals surface area contributed by atoms with Crippen LogP contribution < -0.4 is 15.4 Å². The maximum Gasteiger partial charge on any atom is 0.141 e. The van der Waals surface area contributed by atoms with E-state index in [0.717, 1.165) is 43.9 Å². The van der Waals surface area contributed by atoms with Gasteiger partial charge in [-0.15, -0.1) is 0 Å². The second-order valence-corrected chi connectivity index (χ2v) is 7.17. The van der Waals surface area contributed by atoms with Crippen molar-refractivity contribution in [1.82, 2.24) is 9.97 Å². The van der Waals surface area contributed by atoms with Crippen LogP contribution in [0.25, 0.3) is 10.9 Å². The molecule has 140 valence electrons. The summed E-state index contributed by atoms with van der Waals surface area (Å²) in [6.07, 6.45) is 1.57. The number of nitrogens with one attached hydrogen (secondary N) is 2. The third-order valence-electron chi connectivity index (χ3n) is 4.40. The van der Waals surface area contributed by atoms with Crippen molar-refractivity contribution in [1.29, 1.82) is 0 Å². The lowest BCUT2D eigenvalue weighted by molar-refractivity contribution is 0.410. The van der Waals surface area contributed by atoms with Gasteiger partial charge in [-0.05, 0) is 42.5 Å². The number of ether oxygens (including phenoxy) is 1. The molecule has 0 bridgehead atoms. The average Bonchev–Trinajstić information content (AvgIpc) is 2.73. The fourth-order valence-electron chi connectivity index (χ4n) is 3.02. The van der Waals surface area contributed by atoms with Crippen LogP contribution in [0.3, 0.4) is 0 Å². The van der Waals surface area contributed by atoms with E-state index in [-0.39, 0.29) is 0 Å². The minimum absolute atomic E-state index is 0.664. The van der Waals surface area contributed by atoms with Crippen molar-refractivity contribution < 1.29 is 4.74 Å². The van der Waals surface area contributed by atoms with E-state index < -0.39 is 0 Å². The smallest absolute Gasteiger partial charge is 0.141 e. The molecule has 0 amide bonds. The molecular weight excluding hydrogens is 416 g/mol. The molecule has 2 N–H and O–H groups in total. The van der Waals surface area contributed by atoms with Gasteiger partial charge in [0, 0.05) is 33.3 Å². The molecule has 0 fully saturated rings. The predicted molar refractivity (Wildman–Crippen MR) is 117 cm³/mol. The van der Waals surface area contributed by atoms with Gasteiger partial charge in [-0.1, -0.05) is 40.2 Å². The minimum Gasteiger partial charge on any atom is -0.496 e. The quantitative estimate of drug-likeness (QED) is 0.404. The molecule has 4 rings (SSSR count). The number of aromatic nitrogens is 2. The first-order chi connectivity index (χ1) is 13.7. The van der Waals surface area contributed by atoms with E-state index in [4.69, 9.17) is 4.74 Å². The number of halogens is 1. The minimum atomic E-state index is 0.664. The highest BCUT2D eigenvalue weighted by Crippen LogP contribution is 2.27. The van der Waals surface area contributed by atoms with E-state index >= 15 is 0 Å². The summed E-state index contributed by atoms with van der Waals surface area (Å²) in [5, 5.41) is 7.79. The molecule has 1 aromatic heterocycles. The highest BCUT2D eigenvalue weighted by molar-refractivity contribution is 9.10. The Kier molecular flexibility index (Phi) is 5.39.